The van der Waals surface area contributed by atoms with Crippen molar-refractivity contribution in [1.29, 1.82) is 0 Å². The van der Waals surface area contributed by atoms with E-state index in [1.807, 2.05) is 0 Å². The van der Waals surface area contributed by atoms with E-state index in [-0.39, 0.29) is 23.2 Å². The van der Waals surface area contributed by atoms with E-state index in [4.69, 9.17) is 5.73 Å². The lowest BCUT2D eigenvalue weighted by molar-refractivity contribution is -0.128. The van der Waals surface area contributed by atoms with Gasteiger partial charge in [-0.05, 0) is 13.8 Å². The van der Waals surface area contributed by atoms with Gasteiger partial charge in [0.2, 0.25) is 15.9 Å². The second-order valence-electron chi connectivity index (χ2n) is 4.84. The van der Waals surface area contributed by atoms with Crippen LogP contribution in [0.3, 0.4) is 0 Å². The zero-order valence-corrected chi connectivity index (χ0v) is 12.2. The smallest absolute Gasteiger partial charge is 0.245 e. The van der Waals surface area contributed by atoms with Gasteiger partial charge in [0.25, 0.3) is 0 Å². The van der Waals surface area contributed by atoms with Crippen LogP contribution in [0, 0.1) is 5.41 Å². The van der Waals surface area contributed by atoms with Gasteiger partial charge in [-0.25, -0.2) is 13.1 Å². The van der Waals surface area contributed by atoms with E-state index in [0.717, 1.165) is 0 Å². The van der Waals surface area contributed by atoms with Gasteiger partial charge < -0.3 is 11.1 Å². The predicted molar refractivity (Wildman–Crippen MR) is 70.7 cm³/mol. The molecule has 1 aromatic heterocycles. The molecule has 0 bridgehead atoms. The molecule has 0 atom stereocenters. The molecular weight excluding hydrogens is 270 g/mol. The molecule has 8 nitrogen and oxygen atoms in total. The number of anilines is 1. The number of aromatic nitrogens is 2. The number of rotatable bonds is 5. The highest BCUT2D eigenvalue weighted by Gasteiger charge is 2.30. The summed E-state index contributed by atoms with van der Waals surface area (Å²) in [7, 11) is -0.712. The maximum atomic E-state index is 12.0. The molecule has 0 aliphatic rings. The topological polar surface area (TPSA) is 119 Å². The highest BCUT2D eigenvalue weighted by Crippen LogP contribution is 2.18. The summed E-state index contributed by atoms with van der Waals surface area (Å²) in [4.78, 5) is 11.5. The van der Waals surface area contributed by atoms with E-state index < -0.39 is 15.4 Å². The van der Waals surface area contributed by atoms with Crippen molar-refractivity contribution in [2.24, 2.45) is 12.5 Å². The molecule has 1 amide bonds. The van der Waals surface area contributed by atoms with Crippen molar-refractivity contribution in [3.05, 3.63) is 6.20 Å². The van der Waals surface area contributed by atoms with Gasteiger partial charge in [-0.3, -0.25) is 9.48 Å². The summed E-state index contributed by atoms with van der Waals surface area (Å²) < 4.78 is 27.8. The van der Waals surface area contributed by atoms with Crippen molar-refractivity contribution in [3.63, 3.8) is 0 Å². The van der Waals surface area contributed by atoms with Crippen LogP contribution >= 0.6 is 0 Å². The summed E-state index contributed by atoms with van der Waals surface area (Å²) in [5.74, 6) is -0.331. The van der Waals surface area contributed by atoms with Crippen molar-refractivity contribution in [2.75, 3.05) is 19.3 Å². The minimum absolute atomic E-state index is 0.0384. The Hall–Kier alpha value is -1.61. The van der Waals surface area contributed by atoms with Crippen LogP contribution in [0.25, 0.3) is 0 Å². The minimum atomic E-state index is -3.78. The molecule has 0 spiro atoms. The van der Waals surface area contributed by atoms with Crippen molar-refractivity contribution < 1.29 is 13.2 Å². The lowest BCUT2D eigenvalue weighted by Gasteiger charge is -2.22. The molecule has 0 aliphatic heterocycles. The SMILES string of the molecule is CNC(=O)C(C)(C)CNS(=O)(=O)c1cn(C)nc1N. The van der Waals surface area contributed by atoms with Crippen molar-refractivity contribution >= 4 is 21.7 Å². The van der Waals surface area contributed by atoms with Crippen molar-refractivity contribution in [1.82, 2.24) is 19.8 Å². The molecular formula is C10H19N5O3S. The van der Waals surface area contributed by atoms with Gasteiger partial charge in [-0.1, -0.05) is 0 Å². The summed E-state index contributed by atoms with van der Waals surface area (Å²) in [5, 5.41) is 6.25. The fraction of sp³-hybridized carbons (Fsp3) is 0.600. The number of aryl methyl sites for hydroxylation is 1. The van der Waals surface area contributed by atoms with Crippen LogP contribution in [0.5, 0.6) is 0 Å². The van der Waals surface area contributed by atoms with Gasteiger partial charge in [0.1, 0.15) is 4.90 Å². The maximum absolute atomic E-state index is 12.0. The third kappa shape index (κ3) is 3.44. The molecule has 0 saturated heterocycles. The van der Waals surface area contributed by atoms with E-state index in [0.29, 0.717) is 0 Å². The number of nitrogens with two attached hydrogens (primary N) is 1. The molecule has 1 rings (SSSR count). The summed E-state index contributed by atoms with van der Waals surface area (Å²) in [6.45, 7) is 3.24. The Morgan fingerprint density at radius 1 is 1.53 bits per heavy atom. The predicted octanol–water partition coefficient (Wildman–Crippen LogP) is -0.947. The fourth-order valence-electron chi connectivity index (χ4n) is 1.46. The van der Waals surface area contributed by atoms with E-state index in [2.05, 4.69) is 15.1 Å². The third-order valence-corrected chi connectivity index (χ3v) is 4.08. The first kappa shape index (κ1) is 15.4. The molecule has 0 aromatic carbocycles. The quantitative estimate of drug-likeness (QED) is 0.646. The number of carbonyl (C=O) groups excluding carboxylic acids is 1. The van der Waals surface area contributed by atoms with Crippen LogP contribution in [0.4, 0.5) is 5.82 Å². The standard InChI is InChI=1S/C10H19N5O3S/c1-10(2,9(16)12-3)6-13-19(17,18)7-5-15(4)14-8(7)11/h5,13H,6H2,1-4H3,(H2,11,14)(H,12,16). The molecule has 1 aromatic rings. The highest BCUT2D eigenvalue weighted by molar-refractivity contribution is 7.89. The lowest BCUT2D eigenvalue weighted by Crippen LogP contribution is -2.43. The van der Waals surface area contributed by atoms with E-state index >= 15 is 0 Å². The zero-order chi connectivity index (χ0) is 14.8. The summed E-state index contributed by atoms with van der Waals surface area (Å²) >= 11 is 0. The molecule has 0 saturated carbocycles. The fourth-order valence-corrected chi connectivity index (χ4v) is 2.78. The first-order valence-electron chi connectivity index (χ1n) is 5.61. The molecule has 0 unspecified atom stereocenters. The second-order valence-corrected chi connectivity index (χ2v) is 6.58. The van der Waals surface area contributed by atoms with Gasteiger partial charge >= 0.3 is 0 Å². The number of amides is 1. The Bertz CT molecular complexity index is 576. The molecule has 1 heterocycles. The number of carbonyl (C=O) groups is 1. The van der Waals surface area contributed by atoms with E-state index in [1.165, 1.54) is 17.9 Å². The Balaban J connectivity index is 2.88. The normalized spacial score (nSPS) is 12.4. The molecule has 9 heteroatoms. The summed E-state index contributed by atoms with van der Waals surface area (Å²) in [6.07, 6.45) is 1.31. The Kier molecular flexibility index (Phi) is 4.21. The maximum Gasteiger partial charge on any atom is 0.245 e. The van der Waals surface area contributed by atoms with Gasteiger partial charge in [0.15, 0.2) is 5.82 Å². The average molecular weight is 289 g/mol. The Labute approximate surface area is 112 Å². The molecule has 108 valence electrons. The van der Waals surface area contributed by atoms with Crippen LogP contribution in [0.1, 0.15) is 13.8 Å². The van der Waals surface area contributed by atoms with Crippen LogP contribution in [0.2, 0.25) is 0 Å². The molecule has 0 aliphatic carbocycles. The van der Waals surface area contributed by atoms with E-state index in [1.54, 1.807) is 20.9 Å². The number of sulfonamides is 1. The molecule has 4 N–H and O–H groups in total. The van der Waals surface area contributed by atoms with Gasteiger partial charge in [-0.2, -0.15) is 5.10 Å². The number of nitrogens with one attached hydrogen (secondary N) is 2. The Morgan fingerprint density at radius 2 is 2.11 bits per heavy atom. The van der Waals surface area contributed by atoms with Gasteiger partial charge in [-0.15, -0.1) is 0 Å². The minimum Gasteiger partial charge on any atom is -0.381 e. The second kappa shape index (κ2) is 5.17. The molecule has 19 heavy (non-hydrogen) atoms. The number of hydrogen-bond donors (Lipinski definition) is 3. The van der Waals surface area contributed by atoms with Crippen LogP contribution in [-0.4, -0.2) is 37.7 Å². The highest BCUT2D eigenvalue weighted by atomic mass is 32.2. The number of nitrogens with zero attached hydrogens (tertiary/aromatic N) is 2. The van der Waals surface area contributed by atoms with E-state index in [9.17, 15) is 13.2 Å². The third-order valence-electron chi connectivity index (χ3n) is 2.66. The average Bonchev–Trinajstić information content (AvgIpc) is 2.66. The number of nitrogen functional groups attached to an aromatic ring is 1. The molecule has 0 radical (unpaired) electrons. The first-order valence-corrected chi connectivity index (χ1v) is 7.09. The monoisotopic (exact) mass is 289 g/mol. The van der Waals surface area contributed by atoms with Gasteiger partial charge in [0.05, 0.1) is 5.41 Å². The largest absolute Gasteiger partial charge is 0.381 e. The lowest BCUT2D eigenvalue weighted by atomic mass is 9.93. The van der Waals surface area contributed by atoms with Gasteiger partial charge in [0, 0.05) is 26.8 Å². The summed E-state index contributed by atoms with van der Waals surface area (Å²) in [5.41, 5.74) is 4.66. The Morgan fingerprint density at radius 3 is 2.53 bits per heavy atom. The first-order chi connectivity index (χ1) is 8.60. The van der Waals surface area contributed by atoms with Crippen LogP contribution in [0.15, 0.2) is 11.1 Å². The number of hydrogen-bond acceptors (Lipinski definition) is 5. The van der Waals surface area contributed by atoms with Crippen LogP contribution in [-0.2, 0) is 21.9 Å². The van der Waals surface area contributed by atoms with Crippen molar-refractivity contribution in [2.45, 2.75) is 18.7 Å². The zero-order valence-electron chi connectivity index (χ0n) is 11.4. The van der Waals surface area contributed by atoms with Crippen LogP contribution < -0.4 is 15.8 Å². The molecule has 0 fully saturated rings. The summed E-state index contributed by atoms with van der Waals surface area (Å²) in [6, 6.07) is 0. The van der Waals surface area contributed by atoms with Crippen molar-refractivity contribution in [3.8, 4) is 0 Å².